The van der Waals surface area contributed by atoms with Crippen LogP contribution >= 0.6 is 0 Å². The highest BCUT2D eigenvalue weighted by Crippen LogP contribution is 2.37. The average Bonchev–Trinajstić information content (AvgIpc) is 3.13. The molecule has 33 heavy (non-hydrogen) atoms. The molecule has 3 aromatic rings. The first-order valence-electron chi connectivity index (χ1n) is 9.41. The predicted octanol–water partition coefficient (Wildman–Crippen LogP) is 3.47. The van der Waals surface area contributed by atoms with Crippen molar-refractivity contribution in [2.24, 2.45) is 0 Å². The van der Waals surface area contributed by atoms with E-state index in [0.29, 0.717) is 4.68 Å². The van der Waals surface area contributed by atoms with E-state index in [1.165, 1.54) is 44.1 Å². The minimum atomic E-state index is -5.75. The standard InChI is InChI=1S/C19H18F5N5O3S/c1-4-33(31,32)16-6-13(28(3)11(2)30)8-26-17(16)14-5-12-7-27-29(15(12)9-25-14)10-18(20,21)19(22,23)24/h5-9H,4,10H2,1-3H3. The Hall–Kier alpha value is -3.16. The van der Waals surface area contributed by atoms with Crippen LogP contribution in [0.25, 0.3) is 22.3 Å². The van der Waals surface area contributed by atoms with Gasteiger partial charge in [0.25, 0.3) is 0 Å². The third-order valence-electron chi connectivity index (χ3n) is 4.95. The number of aromatic nitrogens is 4. The molecule has 3 heterocycles. The molecule has 0 spiro atoms. The van der Waals surface area contributed by atoms with E-state index >= 15 is 0 Å². The summed E-state index contributed by atoms with van der Waals surface area (Å²) in [5, 5.41) is 3.74. The maximum Gasteiger partial charge on any atom is 0.455 e. The van der Waals surface area contributed by atoms with E-state index in [-0.39, 0.29) is 44.5 Å². The first-order chi connectivity index (χ1) is 15.2. The van der Waals surface area contributed by atoms with Crippen LogP contribution < -0.4 is 4.90 Å². The summed E-state index contributed by atoms with van der Waals surface area (Å²) in [6.45, 7) is 0.972. The average molecular weight is 491 g/mol. The number of sulfone groups is 1. The number of halogens is 5. The highest BCUT2D eigenvalue weighted by Gasteiger charge is 2.57. The molecule has 0 radical (unpaired) electrons. The van der Waals surface area contributed by atoms with Crippen molar-refractivity contribution in [2.75, 3.05) is 17.7 Å². The lowest BCUT2D eigenvalue weighted by molar-refractivity contribution is -0.287. The number of alkyl halides is 5. The van der Waals surface area contributed by atoms with Gasteiger partial charge >= 0.3 is 12.1 Å². The number of nitrogens with zero attached hydrogens (tertiary/aromatic N) is 5. The Morgan fingerprint density at radius 1 is 1.09 bits per heavy atom. The molecule has 0 aliphatic rings. The number of fused-ring (bicyclic) bond motifs is 1. The molecule has 14 heteroatoms. The summed E-state index contributed by atoms with van der Waals surface area (Å²) in [6.07, 6.45) is -2.39. The Bertz CT molecular complexity index is 1320. The first-order valence-corrected chi connectivity index (χ1v) is 11.1. The zero-order valence-electron chi connectivity index (χ0n) is 17.6. The van der Waals surface area contributed by atoms with E-state index in [9.17, 15) is 35.2 Å². The second-order valence-electron chi connectivity index (χ2n) is 7.15. The number of hydrogen-bond donors (Lipinski definition) is 0. The number of carbonyl (C=O) groups is 1. The van der Waals surface area contributed by atoms with Gasteiger partial charge in [-0.05, 0) is 12.1 Å². The molecule has 0 unspecified atom stereocenters. The zero-order chi connectivity index (χ0) is 24.8. The predicted molar refractivity (Wildman–Crippen MR) is 109 cm³/mol. The van der Waals surface area contributed by atoms with Gasteiger partial charge in [-0.2, -0.15) is 27.1 Å². The summed E-state index contributed by atoms with van der Waals surface area (Å²) in [7, 11) is -2.39. The minimum absolute atomic E-state index is 0.0358. The van der Waals surface area contributed by atoms with Crippen molar-refractivity contribution in [1.29, 1.82) is 0 Å². The molecule has 1 amide bonds. The van der Waals surface area contributed by atoms with E-state index in [2.05, 4.69) is 15.1 Å². The number of hydrogen-bond acceptors (Lipinski definition) is 6. The molecule has 0 atom stereocenters. The topological polar surface area (TPSA) is 98.0 Å². The van der Waals surface area contributed by atoms with Crippen LogP contribution in [0.2, 0.25) is 0 Å². The smallest absolute Gasteiger partial charge is 0.314 e. The second-order valence-corrected chi connectivity index (χ2v) is 9.40. The number of anilines is 1. The van der Waals surface area contributed by atoms with Gasteiger partial charge in [0.1, 0.15) is 12.2 Å². The van der Waals surface area contributed by atoms with Gasteiger partial charge in [0, 0.05) is 19.4 Å². The fourth-order valence-electron chi connectivity index (χ4n) is 2.89. The van der Waals surface area contributed by atoms with Crippen LogP contribution in [0.3, 0.4) is 0 Å². The minimum Gasteiger partial charge on any atom is -0.314 e. The summed E-state index contributed by atoms with van der Waals surface area (Å²) >= 11 is 0. The van der Waals surface area contributed by atoms with Gasteiger partial charge < -0.3 is 4.90 Å². The molecule has 3 rings (SSSR count). The first kappa shape index (κ1) is 24.5. The van der Waals surface area contributed by atoms with Crippen LogP contribution in [-0.2, 0) is 21.2 Å². The molecule has 0 fully saturated rings. The molecule has 0 saturated carbocycles. The number of pyridine rings is 2. The normalized spacial score (nSPS) is 12.8. The van der Waals surface area contributed by atoms with Crippen LogP contribution in [-0.4, -0.2) is 59.0 Å². The summed E-state index contributed by atoms with van der Waals surface area (Å²) in [4.78, 5) is 20.8. The maximum absolute atomic E-state index is 13.4. The van der Waals surface area contributed by atoms with Crippen LogP contribution in [0.1, 0.15) is 13.8 Å². The lowest BCUT2D eigenvalue weighted by atomic mass is 10.2. The molecule has 178 valence electrons. The van der Waals surface area contributed by atoms with Gasteiger partial charge in [-0.3, -0.25) is 19.4 Å². The van der Waals surface area contributed by atoms with Gasteiger partial charge in [0.2, 0.25) is 5.91 Å². The van der Waals surface area contributed by atoms with Gasteiger partial charge in [0.15, 0.2) is 9.84 Å². The van der Waals surface area contributed by atoms with Gasteiger partial charge in [0.05, 0.1) is 46.1 Å². The third kappa shape index (κ3) is 4.65. The van der Waals surface area contributed by atoms with Crippen LogP contribution in [0.15, 0.2) is 35.6 Å². The Morgan fingerprint density at radius 3 is 2.33 bits per heavy atom. The number of amides is 1. The molecule has 0 aliphatic heterocycles. The van der Waals surface area contributed by atoms with Crippen LogP contribution in [0.5, 0.6) is 0 Å². The fourth-order valence-corrected chi connectivity index (χ4v) is 3.96. The van der Waals surface area contributed by atoms with Crippen molar-refractivity contribution in [3.8, 4) is 11.4 Å². The SMILES string of the molecule is CCS(=O)(=O)c1cc(N(C)C(C)=O)cnc1-c1cc2cnn(CC(F)(F)C(F)(F)F)c2cn1. The molecular weight excluding hydrogens is 473 g/mol. The quantitative estimate of drug-likeness (QED) is 0.490. The zero-order valence-corrected chi connectivity index (χ0v) is 18.4. The van der Waals surface area contributed by atoms with E-state index in [0.717, 1.165) is 12.4 Å². The summed E-state index contributed by atoms with van der Waals surface area (Å²) in [6, 6.07) is 2.55. The molecule has 0 saturated heterocycles. The third-order valence-corrected chi connectivity index (χ3v) is 6.69. The summed E-state index contributed by atoms with van der Waals surface area (Å²) in [5.74, 6) is -5.64. The second kappa shape index (κ2) is 8.32. The Labute approximate surface area is 185 Å². The molecule has 0 N–H and O–H groups in total. The van der Waals surface area contributed by atoms with Crippen molar-refractivity contribution in [3.05, 3.63) is 30.7 Å². The Balaban J connectivity index is 2.11. The highest BCUT2D eigenvalue weighted by molar-refractivity contribution is 7.91. The lowest BCUT2D eigenvalue weighted by Gasteiger charge is -2.19. The van der Waals surface area contributed by atoms with Crippen molar-refractivity contribution < 1.29 is 35.2 Å². The van der Waals surface area contributed by atoms with Gasteiger partial charge in [-0.1, -0.05) is 6.92 Å². The maximum atomic E-state index is 13.4. The van der Waals surface area contributed by atoms with Crippen LogP contribution in [0, 0.1) is 0 Å². The van der Waals surface area contributed by atoms with Gasteiger partial charge in [-0.25, -0.2) is 8.42 Å². The Kier molecular flexibility index (Phi) is 6.17. The molecule has 8 nitrogen and oxygen atoms in total. The van der Waals surface area contributed by atoms with E-state index in [4.69, 9.17) is 0 Å². The summed E-state index contributed by atoms with van der Waals surface area (Å²) in [5.41, 5.74) is 0.0959. The van der Waals surface area contributed by atoms with Gasteiger partial charge in [-0.15, -0.1) is 0 Å². The fraction of sp³-hybridized carbons (Fsp3) is 0.368. The lowest BCUT2D eigenvalue weighted by Crippen LogP contribution is -2.40. The Morgan fingerprint density at radius 2 is 1.76 bits per heavy atom. The number of rotatable bonds is 6. The molecule has 3 aromatic heterocycles. The van der Waals surface area contributed by atoms with Crippen molar-refractivity contribution in [1.82, 2.24) is 19.7 Å². The molecular formula is C19H18F5N5O3S. The van der Waals surface area contributed by atoms with Crippen LogP contribution in [0.4, 0.5) is 27.6 Å². The molecule has 0 aliphatic carbocycles. The molecule has 0 aromatic carbocycles. The van der Waals surface area contributed by atoms with Crippen molar-refractivity contribution >= 4 is 32.3 Å². The van der Waals surface area contributed by atoms with E-state index in [1.54, 1.807) is 0 Å². The molecule has 0 bridgehead atoms. The number of carbonyl (C=O) groups excluding carboxylic acids is 1. The highest BCUT2D eigenvalue weighted by atomic mass is 32.2. The largest absolute Gasteiger partial charge is 0.455 e. The monoisotopic (exact) mass is 491 g/mol. The van der Waals surface area contributed by atoms with Crippen molar-refractivity contribution in [3.63, 3.8) is 0 Å². The van der Waals surface area contributed by atoms with Crippen molar-refractivity contribution in [2.45, 2.75) is 37.4 Å². The summed E-state index contributed by atoms with van der Waals surface area (Å²) < 4.78 is 90.3. The van der Waals surface area contributed by atoms with E-state index in [1.807, 2.05) is 0 Å². The van der Waals surface area contributed by atoms with E-state index < -0.39 is 28.5 Å².